The third-order valence-corrected chi connectivity index (χ3v) is 4.39. The highest BCUT2D eigenvalue weighted by molar-refractivity contribution is 5.79. The van der Waals surface area contributed by atoms with Gasteiger partial charge in [-0.3, -0.25) is 4.79 Å². The molecule has 0 aromatic heterocycles. The van der Waals surface area contributed by atoms with E-state index >= 15 is 0 Å². The summed E-state index contributed by atoms with van der Waals surface area (Å²) in [6.45, 7) is 2.32. The number of carbonyl (C=O) groups excluding carboxylic acids is 1. The maximum atomic E-state index is 11.5. The standard InChI is InChI=1S/C15H24O/c1-15(10-5-8-14(16)12-15)11-9-13-6-3-2-4-7-13/h2-3,13H,4-12H2,1H3. The summed E-state index contributed by atoms with van der Waals surface area (Å²) in [7, 11) is 0. The van der Waals surface area contributed by atoms with Gasteiger partial charge < -0.3 is 0 Å². The van der Waals surface area contributed by atoms with Crippen molar-refractivity contribution in [2.24, 2.45) is 11.3 Å². The fourth-order valence-corrected chi connectivity index (χ4v) is 3.25. The summed E-state index contributed by atoms with van der Waals surface area (Å²) < 4.78 is 0. The van der Waals surface area contributed by atoms with Gasteiger partial charge in [-0.05, 0) is 56.3 Å². The molecule has 16 heavy (non-hydrogen) atoms. The number of carbonyl (C=O) groups is 1. The summed E-state index contributed by atoms with van der Waals surface area (Å²) in [6.07, 6.45) is 15.2. The molecular formula is C15H24O. The molecule has 0 saturated heterocycles. The first kappa shape index (κ1) is 11.9. The first-order valence-electron chi connectivity index (χ1n) is 6.85. The minimum Gasteiger partial charge on any atom is -0.300 e. The molecular weight excluding hydrogens is 196 g/mol. The number of hydrogen-bond acceptors (Lipinski definition) is 1. The largest absolute Gasteiger partial charge is 0.300 e. The second kappa shape index (κ2) is 5.16. The lowest BCUT2D eigenvalue weighted by Crippen LogP contribution is -2.26. The second-order valence-corrected chi connectivity index (χ2v) is 6.07. The molecule has 2 unspecified atom stereocenters. The van der Waals surface area contributed by atoms with E-state index in [-0.39, 0.29) is 0 Å². The van der Waals surface area contributed by atoms with Crippen LogP contribution in [-0.2, 0) is 4.79 Å². The molecule has 1 nitrogen and oxygen atoms in total. The van der Waals surface area contributed by atoms with Crippen LogP contribution < -0.4 is 0 Å². The minimum atomic E-state index is 0.330. The lowest BCUT2D eigenvalue weighted by atomic mass is 9.70. The normalized spacial score (nSPS) is 35.3. The van der Waals surface area contributed by atoms with E-state index in [4.69, 9.17) is 0 Å². The van der Waals surface area contributed by atoms with Crippen LogP contribution in [0.3, 0.4) is 0 Å². The van der Waals surface area contributed by atoms with E-state index < -0.39 is 0 Å². The third-order valence-electron chi connectivity index (χ3n) is 4.39. The van der Waals surface area contributed by atoms with Crippen molar-refractivity contribution >= 4 is 5.78 Å². The monoisotopic (exact) mass is 220 g/mol. The van der Waals surface area contributed by atoms with Gasteiger partial charge in [0.2, 0.25) is 0 Å². The highest BCUT2D eigenvalue weighted by Gasteiger charge is 2.31. The summed E-state index contributed by atoms with van der Waals surface area (Å²) >= 11 is 0. The molecule has 1 fully saturated rings. The zero-order chi connectivity index (χ0) is 11.4. The molecule has 0 amide bonds. The highest BCUT2D eigenvalue weighted by Crippen LogP contribution is 2.40. The summed E-state index contributed by atoms with van der Waals surface area (Å²) in [5.74, 6) is 1.39. The lowest BCUT2D eigenvalue weighted by Gasteiger charge is -2.34. The third kappa shape index (κ3) is 3.20. The summed E-state index contributed by atoms with van der Waals surface area (Å²) in [5, 5.41) is 0. The van der Waals surface area contributed by atoms with Gasteiger partial charge in [-0.15, -0.1) is 0 Å². The molecule has 0 aliphatic heterocycles. The highest BCUT2D eigenvalue weighted by atomic mass is 16.1. The molecule has 2 aliphatic rings. The molecule has 0 spiro atoms. The smallest absolute Gasteiger partial charge is 0.133 e. The number of rotatable bonds is 3. The van der Waals surface area contributed by atoms with E-state index in [0.717, 1.165) is 25.2 Å². The molecule has 0 radical (unpaired) electrons. The first-order chi connectivity index (χ1) is 7.68. The number of hydrogen-bond donors (Lipinski definition) is 0. The van der Waals surface area contributed by atoms with Gasteiger partial charge in [0.25, 0.3) is 0 Å². The summed E-state index contributed by atoms with van der Waals surface area (Å²) in [6, 6.07) is 0. The van der Waals surface area contributed by atoms with E-state index in [2.05, 4.69) is 19.1 Å². The van der Waals surface area contributed by atoms with Crippen molar-refractivity contribution in [3.8, 4) is 0 Å². The first-order valence-corrected chi connectivity index (χ1v) is 6.85. The molecule has 2 atom stereocenters. The van der Waals surface area contributed by atoms with Crippen molar-refractivity contribution in [3.63, 3.8) is 0 Å². The van der Waals surface area contributed by atoms with Crippen LogP contribution in [0.25, 0.3) is 0 Å². The fraction of sp³-hybridized carbons (Fsp3) is 0.800. The van der Waals surface area contributed by atoms with Crippen LogP contribution in [0.1, 0.15) is 64.7 Å². The zero-order valence-electron chi connectivity index (χ0n) is 10.5. The predicted molar refractivity (Wildman–Crippen MR) is 67.3 cm³/mol. The Hall–Kier alpha value is -0.590. The van der Waals surface area contributed by atoms with E-state index in [9.17, 15) is 4.79 Å². The van der Waals surface area contributed by atoms with Crippen LogP contribution in [0, 0.1) is 11.3 Å². The molecule has 0 aromatic rings. The SMILES string of the molecule is CC1(CCC2CC=CCC2)CCCC(=O)C1. The van der Waals surface area contributed by atoms with Gasteiger partial charge in [-0.2, -0.15) is 0 Å². The van der Waals surface area contributed by atoms with Crippen molar-refractivity contribution in [2.45, 2.75) is 64.7 Å². The van der Waals surface area contributed by atoms with Gasteiger partial charge in [0.1, 0.15) is 5.78 Å². The van der Waals surface area contributed by atoms with Crippen LogP contribution in [-0.4, -0.2) is 5.78 Å². The van der Waals surface area contributed by atoms with Crippen molar-refractivity contribution in [2.75, 3.05) is 0 Å². The van der Waals surface area contributed by atoms with Gasteiger partial charge >= 0.3 is 0 Å². The van der Waals surface area contributed by atoms with Gasteiger partial charge in [0.15, 0.2) is 0 Å². The van der Waals surface area contributed by atoms with Crippen LogP contribution in [0.2, 0.25) is 0 Å². The Kier molecular flexibility index (Phi) is 3.83. The predicted octanol–water partition coefficient (Wildman–Crippen LogP) is 4.27. The van der Waals surface area contributed by atoms with Gasteiger partial charge in [-0.1, -0.05) is 19.1 Å². The number of allylic oxidation sites excluding steroid dienone is 2. The van der Waals surface area contributed by atoms with Crippen molar-refractivity contribution in [1.82, 2.24) is 0 Å². The van der Waals surface area contributed by atoms with Gasteiger partial charge in [0.05, 0.1) is 0 Å². The molecule has 1 saturated carbocycles. The van der Waals surface area contributed by atoms with Crippen LogP contribution in [0.15, 0.2) is 12.2 Å². The molecule has 0 heterocycles. The average molecular weight is 220 g/mol. The Morgan fingerprint density at radius 3 is 3.00 bits per heavy atom. The quantitative estimate of drug-likeness (QED) is 0.649. The Morgan fingerprint density at radius 2 is 2.31 bits per heavy atom. The Labute approximate surface area is 99.3 Å². The minimum absolute atomic E-state index is 0.330. The number of Topliss-reactive ketones (excluding diaryl/α,β-unsaturated/α-hetero) is 1. The molecule has 0 bridgehead atoms. The van der Waals surface area contributed by atoms with E-state index in [1.807, 2.05) is 0 Å². The Bertz CT molecular complexity index is 279. The molecule has 90 valence electrons. The van der Waals surface area contributed by atoms with E-state index in [1.54, 1.807) is 0 Å². The molecule has 2 rings (SSSR count). The van der Waals surface area contributed by atoms with E-state index in [0.29, 0.717) is 11.2 Å². The maximum absolute atomic E-state index is 11.5. The summed E-state index contributed by atoms with van der Waals surface area (Å²) in [5.41, 5.74) is 0.330. The van der Waals surface area contributed by atoms with Crippen molar-refractivity contribution in [3.05, 3.63) is 12.2 Å². The summed E-state index contributed by atoms with van der Waals surface area (Å²) in [4.78, 5) is 11.5. The van der Waals surface area contributed by atoms with Crippen LogP contribution >= 0.6 is 0 Å². The second-order valence-electron chi connectivity index (χ2n) is 6.07. The number of ketones is 1. The lowest BCUT2D eigenvalue weighted by molar-refractivity contribution is -0.123. The van der Waals surface area contributed by atoms with Gasteiger partial charge in [-0.25, -0.2) is 0 Å². The zero-order valence-corrected chi connectivity index (χ0v) is 10.5. The molecule has 2 aliphatic carbocycles. The Morgan fingerprint density at radius 1 is 1.44 bits per heavy atom. The molecule has 0 N–H and O–H groups in total. The van der Waals surface area contributed by atoms with E-state index in [1.165, 1.54) is 38.5 Å². The average Bonchev–Trinajstić information content (AvgIpc) is 2.28. The van der Waals surface area contributed by atoms with Crippen molar-refractivity contribution < 1.29 is 4.79 Å². The van der Waals surface area contributed by atoms with Crippen LogP contribution in [0.5, 0.6) is 0 Å². The topological polar surface area (TPSA) is 17.1 Å². The van der Waals surface area contributed by atoms with Crippen molar-refractivity contribution in [1.29, 1.82) is 0 Å². The maximum Gasteiger partial charge on any atom is 0.133 e. The molecule has 1 heteroatoms. The fourth-order valence-electron chi connectivity index (χ4n) is 3.25. The van der Waals surface area contributed by atoms with Gasteiger partial charge in [0, 0.05) is 12.8 Å². The Balaban J connectivity index is 1.79. The van der Waals surface area contributed by atoms with Crippen LogP contribution in [0.4, 0.5) is 0 Å². The molecule has 0 aromatic carbocycles.